The number of rotatable bonds is 4. The van der Waals surface area contributed by atoms with Crippen LogP contribution in [0, 0.1) is 0 Å². The number of carbonyl (C=O) groups is 1. The molecule has 1 saturated heterocycles. The number of carbonyl (C=O) groups excluding carboxylic acids is 1. The van der Waals surface area contributed by atoms with Crippen LogP contribution >= 0.6 is 0 Å². The minimum absolute atomic E-state index is 0.000504. The number of hydrogen-bond acceptors (Lipinski definition) is 6. The summed E-state index contributed by atoms with van der Waals surface area (Å²) >= 11 is 0. The molecule has 6 rings (SSSR count). The number of likely N-dealkylation sites (tertiary alicyclic amines) is 1. The van der Waals surface area contributed by atoms with E-state index in [0.717, 1.165) is 42.0 Å². The molecule has 2 aromatic carbocycles. The number of amides is 1. The Kier molecular flexibility index (Phi) is 4.67. The molecule has 0 bridgehead atoms. The lowest BCUT2D eigenvalue weighted by Gasteiger charge is -2.49. The zero-order chi connectivity index (χ0) is 22.7. The van der Waals surface area contributed by atoms with Crippen molar-refractivity contribution in [1.82, 2.24) is 9.80 Å². The minimum Gasteiger partial charge on any atom is -0.508 e. The van der Waals surface area contributed by atoms with Crippen molar-refractivity contribution in [2.45, 2.75) is 43.0 Å². The molecule has 33 heavy (non-hydrogen) atoms. The van der Waals surface area contributed by atoms with E-state index in [1.165, 1.54) is 5.56 Å². The lowest BCUT2D eigenvalue weighted by molar-refractivity contribution is -0.132. The first-order valence-electron chi connectivity index (χ1n) is 11.4. The summed E-state index contributed by atoms with van der Waals surface area (Å²) in [5.74, 6) is 1.93. The second-order valence-electron chi connectivity index (χ2n) is 9.42. The summed E-state index contributed by atoms with van der Waals surface area (Å²) < 4.78 is 17.1. The van der Waals surface area contributed by atoms with E-state index in [1.807, 2.05) is 24.1 Å². The van der Waals surface area contributed by atoms with E-state index in [2.05, 4.69) is 29.2 Å². The average molecular weight is 449 g/mol. The standard InChI is InChI=1S/C26H28N2O5/c1-27-23-12-19(31-2)7-9-26(23)20-13-22-21(32-15-33-22)11-17(20)14-28(24(26)25(27)30)10-8-16-3-5-18(29)6-4-16/h3-7,9,11,13,19,23-24,29H,8,10,12,14-15H2,1-2H3/t19-,23+,24-,26+/m1/s1. The van der Waals surface area contributed by atoms with Gasteiger partial charge in [-0.1, -0.05) is 24.3 Å². The second kappa shape index (κ2) is 7.50. The first-order valence-corrected chi connectivity index (χ1v) is 11.4. The van der Waals surface area contributed by atoms with Crippen molar-refractivity contribution in [3.8, 4) is 17.2 Å². The van der Waals surface area contributed by atoms with Crippen LogP contribution in [0.1, 0.15) is 23.1 Å². The van der Waals surface area contributed by atoms with Gasteiger partial charge in [-0.05, 0) is 53.8 Å². The Hall–Kier alpha value is -3.03. The first-order chi connectivity index (χ1) is 16.0. The van der Waals surface area contributed by atoms with Crippen molar-refractivity contribution in [2.75, 3.05) is 27.5 Å². The summed E-state index contributed by atoms with van der Waals surface area (Å²) in [6, 6.07) is 11.2. The summed E-state index contributed by atoms with van der Waals surface area (Å²) in [5.41, 5.74) is 3.00. The number of phenolic OH excluding ortho intramolecular Hbond substituents is 1. The Bertz CT molecular complexity index is 1130. The Morgan fingerprint density at radius 3 is 2.70 bits per heavy atom. The molecule has 7 heteroatoms. The van der Waals surface area contributed by atoms with Gasteiger partial charge in [0.25, 0.3) is 0 Å². The van der Waals surface area contributed by atoms with Crippen LogP contribution in [0.3, 0.4) is 0 Å². The number of hydrogen-bond donors (Lipinski definition) is 1. The lowest BCUT2D eigenvalue weighted by atomic mass is 9.63. The second-order valence-corrected chi connectivity index (χ2v) is 9.42. The van der Waals surface area contributed by atoms with Crippen LogP contribution in [-0.4, -0.2) is 66.5 Å². The van der Waals surface area contributed by atoms with Crippen LogP contribution in [0.25, 0.3) is 0 Å². The van der Waals surface area contributed by atoms with Gasteiger partial charge in [-0.3, -0.25) is 9.69 Å². The molecule has 3 heterocycles. The molecule has 1 aliphatic carbocycles. The average Bonchev–Trinajstić information content (AvgIpc) is 3.38. The molecule has 0 unspecified atom stereocenters. The van der Waals surface area contributed by atoms with Gasteiger partial charge in [-0.15, -0.1) is 0 Å². The van der Waals surface area contributed by atoms with Gasteiger partial charge in [0.15, 0.2) is 11.5 Å². The fourth-order valence-corrected chi connectivity index (χ4v) is 6.20. The topological polar surface area (TPSA) is 71.5 Å². The fourth-order valence-electron chi connectivity index (χ4n) is 6.20. The highest BCUT2D eigenvalue weighted by Crippen LogP contribution is 2.54. The van der Waals surface area contributed by atoms with Crippen LogP contribution in [0.5, 0.6) is 17.2 Å². The van der Waals surface area contributed by atoms with E-state index in [1.54, 1.807) is 19.2 Å². The van der Waals surface area contributed by atoms with E-state index in [9.17, 15) is 9.90 Å². The predicted octanol–water partition coefficient (Wildman–Crippen LogP) is 2.60. The largest absolute Gasteiger partial charge is 0.508 e. The van der Waals surface area contributed by atoms with Crippen LogP contribution in [0.4, 0.5) is 0 Å². The third kappa shape index (κ3) is 2.99. The van der Waals surface area contributed by atoms with E-state index >= 15 is 0 Å². The van der Waals surface area contributed by atoms with Crippen molar-refractivity contribution in [3.05, 3.63) is 65.2 Å². The maximum Gasteiger partial charge on any atom is 0.241 e. The van der Waals surface area contributed by atoms with Crippen LogP contribution in [-0.2, 0) is 27.9 Å². The molecule has 3 aliphatic heterocycles. The Labute approximate surface area is 193 Å². The maximum absolute atomic E-state index is 13.7. The molecule has 7 nitrogen and oxygen atoms in total. The highest BCUT2D eigenvalue weighted by molar-refractivity contribution is 5.89. The molecule has 172 valence electrons. The number of ether oxygens (including phenoxy) is 3. The van der Waals surface area contributed by atoms with Gasteiger partial charge in [0.1, 0.15) is 11.8 Å². The minimum atomic E-state index is -0.468. The number of methoxy groups -OCH3 is 1. The summed E-state index contributed by atoms with van der Waals surface area (Å²) in [5, 5.41) is 9.62. The van der Waals surface area contributed by atoms with E-state index < -0.39 is 5.41 Å². The quantitative estimate of drug-likeness (QED) is 0.725. The summed E-state index contributed by atoms with van der Waals surface area (Å²) in [7, 11) is 3.64. The van der Waals surface area contributed by atoms with Crippen molar-refractivity contribution in [2.24, 2.45) is 0 Å². The smallest absolute Gasteiger partial charge is 0.241 e. The van der Waals surface area contributed by atoms with Crippen molar-refractivity contribution < 1.29 is 24.1 Å². The first kappa shape index (κ1) is 20.6. The number of likely N-dealkylation sites (N-methyl/N-ethyl adjacent to an activating group) is 1. The van der Waals surface area contributed by atoms with Gasteiger partial charge in [-0.25, -0.2) is 0 Å². The number of phenols is 1. The summed E-state index contributed by atoms with van der Waals surface area (Å²) in [4.78, 5) is 18.0. The lowest BCUT2D eigenvalue weighted by Crippen LogP contribution is -2.58. The van der Waals surface area contributed by atoms with Gasteiger partial charge in [-0.2, -0.15) is 0 Å². The molecule has 4 aliphatic rings. The van der Waals surface area contributed by atoms with Crippen LogP contribution < -0.4 is 9.47 Å². The van der Waals surface area contributed by atoms with E-state index in [0.29, 0.717) is 6.54 Å². The van der Waals surface area contributed by atoms with Gasteiger partial charge >= 0.3 is 0 Å². The molecule has 0 saturated carbocycles. The molecule has 1 N–H and O–H groups in total. The van der Waals surface area contributed by atoms with Crippen molar-refractivity contribution in [3.63, 3.8) is 0 Å². The molecule has 1 amide bonds. The van der Waals surface area contributed by atoms with Crippen LogP contribution in [0.2, 0.25) is 0 Å². The predicted molar refractivity (Wildman–Crippen MR) is 121 cm³/mol. The van der Waals surface area contributed by atoms with Gasteiger partial charge in [0.05, 0.1) is 11.5 Å². The summed E-state index contributed by atoms with van der Waals surface area (Å²) in [6.07, 6.45) is 5.87. The van der Waals surface area contributed by atoms with Crippen molar-refractivity contribution >= 4 is 5.91 Å². The highest BCUT2D eigenvalue weighted by Gasteiger charge is 2.63. The molecule has 4 atom stereocenters. The molecule has 1 fully saturated rings. The third-order valence-corrected chi connectivity index (χ3v) is 7.83. The van der Waals surface area contributed by atoms with Gasteiger partial charge in [0.2, 0.25) is 12.7 Å². The molecular weight excluding hydrogens is 420 g/mol. The number of fused-ring (bicyclic) bond motifs is 2. The molecule has 0 aromatic heterocycles. The number of benzene rings is 2. The molecule has 2 aromatic rings. The number of aromatic hydroxyl groups is 1. The Balaban J connectivity index is 1.45. The zero-order valence-electron chi connectivity index (χ0n) is 18.9. The maximum atomic E-state index is 13.7. The number of nitrogens with zero attached hydrogens (tertiary/aromatic N) is 2. The fraction of sp³-hybridized carbons (Fsp3) is 0.423. The normalized spacial score (nSPS) is 29.7. The van der Waals surface area contributed by atoms with Gasteiger partial charge in [0, 0.05) is 33.3 Å². The third-order valence-electron chi connectivity index (χ3n) is 7.83. The Morgan fingerprint density at radius 2 is 1.94 bits per heavy atom. The summed E-state index contributed by atoms with van der Waals surface area (Å²) in [6.45, 7) is 1.63. The molecule has 1 spiro atoms. The van der Waals surface area contributed by atoms with Crippen LogP contribution in [0.15, 0.2) is 48.6 Å². The Morgan fingerprint density at radius 1 is 1.18 bits per heavy atom. The zero-order valence-corrected chi connectivity index (χ0v) is 18.9. The van der Waals surface area contributed by atoms with Gasteiger partial charge < -0.3 is 24.2 Å². The molecule has 0 radical (unpaired) electrons. The van der Waals surface area contributed by atoms with E-state index in [4.69, 9.17) is 14.2 Å². The van der Waals surface area contributed by atoms with Crippen molar-refractivity contribution in [1.29, 1.82) is 0 Å². The SMILES string of the molecule is CO[C@@H]1C=C[C@@]23c4cc5c(cc4CN(CCc4ccc(O)cc4)[C@@H]2C(=O)N(C)[C@H]3C1)OCO5. The highest BCUT2D eigenvalue weighted by atomic mass is 16.7. The monoisotopic (exact) mass is 448 g/mol. The van der Waals surface area contributed by atoms with E-state index in [-0.39, 0.29) is 36.6 Å². The molecular formula is C26H28N2O5.